The smallest absolute Gasteiger partial charge is 0.257 e. The Morgan fingerprint density at radius 2 is 1.67 bits per heavy atom. The molecular formula is C36H38ClN3O5. The van der Waals surface area contributed by atoms with Crippen LogP contribution in [0.2, 0.25) is 5.02 Å². The van der Waals surface area contributed by atoms with Crippen LogP contribution in [0.15, 0.2) is 97.3 Å². The van der Waals surface area contributed by atoms with E-state index in [0.717, 1.165) is 35.3 Å². The molecule has 0 spiro atoms. The third-order valence-electron chi connectivity index (χ3n) is 8.99. The van der Waals surface area contributed by atoms with Gasteiger partial charge in [0.1, 0.15) is 0 Å². The highest BCUT2D eigenvalue weighted by Crippen LogP contribution is 2.43. The van der Waals surface area contributed by atoms with E-state index in [1.807, 2.05) is 72.8 Å². The molecule has 2 fully saturated rings. The molecule has 4 atom stereocenters. The zero-order chi connectivity index (χ0) is 31.4. The highest BCUT2D eigenvalue weighted by Gasteiger charge is 2.41. The van der Waals surface area contributed by atoms with Gasteiger partial charge in [0, 0.05) is 54.2 Å². The summed E-state index contributed by atoms with van der Waals surface area (Å²) in [6, 6.07) is 26.3. The molecule has 8 nitrogen and oxygen atoms in total. The zero-order valence-electron chi connectivity index (χ0n) is 25.2. The quantitative estimate of drug-likeness (QED) is 0.212. The van der Waals surface area contributed by atoms with Crippen LogP contribution >= 0.6 is 11.6 Å². The van der Waals surface area contributed by atoms with E-state index in [1.54, 1.807) is 18.3 Å². The van der Waals surface area contributed by atoms with Crippen molar-refractivity contribution in [3.05, 3.63) is 130 Å². The molecule has 6 rings (SSSR count). The van der Waals surface area contributed by atoms with Gasteiger partial charge in [0.2, 0.25) is 0 Å². The minimum atomic E-state index is -0.878. The molecule has 9 heteroatoms. The molecule has 0 bridgehead atoms. The summed E-state index contributed by atoms with van der Waals surface area (Å²) in [5.41, 5.74) is 3.87. The second-order valence-electron chi connectivity index (χ2n) is 12.0. The van der Waals surface area contributed by atoms with Gasteiger partial charge in [0.15, 0.2) is 6.29 Å². The lowest BCUT2D eigenvalue weighted by Gasteiger charge is -2.45. The number of hydrogen-bond acceptors (Lipinski definition) is 7. The molecule has 0 aliphatic carbocycles. The van der Waals surface area contributed by atoms with Crippen LogP contribution in [0, 0.1) is 5.92 Å². The summed E-state index contributed by atoms with van der Waals surface area (Å²) in [7, 11) is 0. The first kappa shape index (κ1) is 31.4. The number of aliphatic hydroxyl groups is 2. The van der Waals surface area contributed by atoms with Crippen molar-refractivity contribution in [1.82, 2.24) is 9.88 Å². The van der Waals surface area contributed by atoms with Gasteiger partial charge in [0.25, 0.3) is 5.91 Å². The fourth-order valence-corrected chi connectivity index (χ4v) is 6.29. The van der Waals surface area contributed by atoms with E-state index in [9.17, 15) is 15.0 Å². The van der Waals surface area contributed by atoms with Crippen molar-refractivity contribution in [3.8, 4) is 0 Å². The minimum absolute atomic E-state index is 0.0171. The molecule has 45 heavy (non-hydrogen) atoms. The Kier molecular flexibility index (Phi) is 9.61. The van der Waals surface area contributed by atoms with Crippen LogP contribution in [0.3, 0.4) is 0 Å². The predicted octanol–water partition coefficient (Wildman–Crippen LogP) is 6.25. The molecule has 234 valence electrons. The third kappa shape index (κ3) is 7.28. The number of hydrogen-bond donors (Lipinski definition) is 3. The maximum Gasteiger partial charge on any atom is 0.257 e. The fourth-order valence-electron chi connectivity index (χ4n) is 6.16. The molecule has 1 amide bonds. The average Bonchev–Trinajstić information content (AvgIpc) is 3.08. The second kappa shape index (κ2) is 13.8. The van der Waals surface area contributed by atoms with Gasteiger partial charge in [-0.2, -0.15) is 0 Å². The van der Waals surface area contributed by atoms with Gasteiger partial charge >= 0.3 is 0 Å². The van der Waals surface area contributed by atoms with Crippen molar-refractivity contribution >= 4 is 23.2 Å². The zero-order valence-corrected chi connectivity index (χ0v) is 25.9. The average molecular weight is 628 g/mol. The number of aliphatic hydroxyl groups excluding tert-OH is 1. The van der Waals surface area contributed by atoms with Crippen LogP contribution in [-0.2, 0) is 21.7 Å². The van der Waals surface area contributed by atoms with Crippen LogP contribution in [0.5, 0.6) is 0 Å². The van der Waals surface area contributed by atoms with Crippen LogP contribution < -0.4 is 5.32 Å². The van der Waals surface area contributed by atoms with Crippen molar-refractivity contribution in [2.24, 2.45) is 5.92 Å². The van der Waals surface area contributed by atoms with E-state index in [1.165, 1.54) is 6.20 Å². The monoisotopic (exact) mass is 627 g/mol. The summed E-state index contributed by atoms with van der Waals surface area (Å²) in [6.45, 7) is 4.30. The predicted molar refractivity (Wildman–Crippen MR) is 173 cm³/mol. The van der Waals surface area contributed by atoms with Gasteiger partial charge in [-0.3, -0.25) is 9.78 Å². The number of anilines is 1. The molecule has 3 aromatic carbocycles. The van der Waals surface area contributed by atoms with E-state index in [2.05, 4.69) is 22.1 Å². The number of benzene rings is 3. The number of amides is 1. The molecule has 0 unspecified atom stereocenters. The summed E-state index contributed by atoms with van der Waals surface area (Å²) < 4.78 is 13.3. The normalized spacial score (nSPS) is 23.4. The lowest BCUT2D eigenvalue weighted by atomic mass is 9.84. The van der Waals surface area contributed by atoms with Gasteiger partial charge in [-0.15, -0.1) is 0 Å². The standard InChI is InChI=1S/C36H38ClN3O5/c1-24-32(22-40-19-16-36(43,17-20-40)29-10-12-30(37)13-11-29)44-35(45-33(24)26-6-4-25(23-41)5-7-26)27-8-14-31(15-9-27)39-34(42)28-3-2-18-38-21-28/h2-15,18,21,24,32-33,35,41,43H,16-17,19-20,22-23H2,1H3,(H,39,42)/t24-,32+,33+,35+/m0/s1. The number of ether oxygens (including phenoxy) is 2. The molecule has 2 aliphatic heterocycles. The number of halogens is 1. The van der Waals surface area contributed by atoms with E-state index in [4.69, 9.17) is 21.1 Å². The highest BCUT2D eigenvalue weighted by atomic mass is 35.5. The van der Waals surface area contributed by atoms with Crippen molar-refractivity contribution in [2.45, 2.75) is 50.5 Å². The molecule has 4 aromatic rings. The van der Waals surface area contributed by atoms with Crippen LogP contribution in [0.25, 0.3) is 0 Å². The summed E-state index contributed by atoms with van der Waals surface area (Å²) in [4.78, 5) is 19.0. The summed E-state index contributed by atoms with van der Waals surface area (Å²) in [5.74, 6) is -0.192. The molecular weight excluding hydrogens is 590 g/mol. The first-order chi connectivity index (χ1) is 21.8. The summed E-state index contributed by atoms with van der Waals surface area (Å²) in [6.07, 6.45) is 3.41. The first-order valence-corrected chi connectivity index (χ1v) is 15.7. The molecule has 2 saturated heterocycles. The summed E-state index contributed by atoms with van der Waals surface area (Å²) >= 11 is 6.08. The van der Waals surface area contributed by atoms with Gasteiger partial charge in [-0.05, 0) is 65.9 Å². The van der Waals surface area contributed by atoms with Crippen molar-refractivity contribution < 1.29 is 24.5 Å². The molecule has 2 aliphatic rings. The van der Waals surface area contributed by atoms with E-state index < -0.39 is 11.9 Å². The summed E-state index contributed by atoms with van der Waals surface area (Å²) in [5, 5.41) is 24.5. The van der Waals surface area contributed by atoms with E-state index in [0.29, 0.717) is 35.7 Å². The molecule has 0 radical (unpaired) electrons. The Labute approximate surface area is 268 Å². The van der Waals surface area contributed by atoms with E-state index in [-0.39, 0.29) is 30.6 Å². The molecule has 1 aromatic heterocycles. The van der Waals surface area contributed by atoms with Crippen LogP contribution in [-0.4, -0.2) is 51.7 Å². The van der Waals surface area contributed by atoms with E-state index >= 15 is 0 Å². The number of carbonyl (C=O) groups is 1. The Morgan fingerprint density at radius 3 is 2.31 bits per heavy atom. The van der Waals surface area contributed by atoms with Crippen molar-refractivity contribution in [2.75, 3.05) is 25.0 Å². The van der Waals surface area contributed by atoms with Gasteiger partial charge < -0.3 is 29.9 Å². The maximum absolute atomic E-state index is 12.6. The highest BCUT2D eigenvalue weighted by molar-refractivity contribution is 6.30. The topological polar surface area (TPSA) is 104 Å². The molecule has 0 saturated carbocycles. The number of piperidine rings is 1. The Balaban J connectivity index is 1.17. The van der Waals surface area contributed by atoms with Crippen molar-refractivity contribution in [3.63, 3.8) is 0 Å². The Bertz CT molecular complexity index is 1560. The lowest BCUT2D eigenvalue weighted by Crippen LogP contribution is -2.49. The number of carbonyl (C=O) groups excluding carboxylic acids is 1. The minimum Gasteiger partial charge on any atom is -0.392 e. The second-order valence-corrected chi connectivity index (χ2v) is 12.4. The Hall–Kier alpha value is -3.63. The number of aromatic nitrogens is 1. The number of likely N-dealkylation sites (tertiary alicyclic amines) is 1. The number of pyridine rings is 1. The SMILES string of the molecule is C[C@H]1[C@@H](CN2CCC(O)(c3ccc(Cl)cc3)CC2)O[C@@H](c2ccc(NC(=O)c3cccnc3)cc2)O[C@H]1c1ccc(CO)cc1. The number of nitrogens with one attached hydrogen (secondary N) is 1. The largest absolute Gasteiger partial charge is 0.392 e. The fraction of sp³-hybridized carbons (Fsp3) is 0.333. The van der Waals surface area contributed by atoms with Gasteiger partial charge in [0.05, 0.1) is 30.0 Å². The van der Waals surface area contributed by atoms with Crippen molar-refractivity contribution in [1.29, 1.82) is 0 Å². The van der Waals surface area contributed by atoms with Crippen LogP contribution in [0.4, 0.5) is 5.69 Å². The number of nitrogens with zero attached hydrogens (tertiary/aromatic N) is 2. The van der Waals surface area contributed by atoms with Crippen LogP contribution in [0.1, 0.15) is 64.8 Å². The number of rotatable bonds is 8. The maximum atomic E-state index is 12.6. The molecule has 3 N–H and O–H groups in total. The first-order valence-electron chi connectivity index (χ1n) is 15.3. The molecule has 3 heterocycles. The third-order valence-corrected chi connectivity index (χ3v) is 9.24. The lowest BCUT2D eigenvalue weighted by molar-refractivity contribution is -0.277. The Morgan fingerprint density at radius 1 is 0.978 bits per heavy atom. The van der Waals surface area contributed by atoms with Gasteiger partial charge in [-0.1, -0.05) is 67.1 Å². The van der Waals surface area contributed by atoms with Gasteiger partial charge in [-0.25, -0.2) is 0 Å².